The monoisotopic (exact) mass is 282 g/mol. The van der Waals surface area contributed by atoms with Gasteiger partial charge in [-0.3, -0.25) is 5.43 Å². The minimum Gasteiger partial charge on any atom is -0.348 e. The second-order valence-corrected chi connectivity index (χ2v) is 5.90. The predicted octanol–water partition coefficient (Wildman–Crippen LogP) is 2.47. The van der Waals surface area contributed by atoms with Gasteiger partial charge < -0.3 is 4.90 Å². The SMILES string of the molecule is CC(=NNC(=S)N1CCC(C)CC1)c1nccs1. The third-order valence-electron chi connectivity index (χ3n) is 3.13. The molecule has 0 amide bonds. The summed E-state index contributed by atoms with van der Waals surface area (Å²) in [5.74, 6) is 0.810. The van der Waals surface area contributed by atoms with Crippen LogP contribution < -0.4 is 5.43 Å². The Balaban J connectivity index is 1.86. The van der Waals surface area contributed by atoms with Crippen LogP contribution in [-0.2, 0) is 0 Å². The van der Waals surface area contributed by atoms with Gasteiger partial charge in [-0.05, 0) is 37.9 Å². The van der Waals surface area contributed by atoms with Gasteiger partial charge in [-0.25, -0.2) is 4.98 Å². The number of likely N-dealkylation sites (tertiary alicyclic amines) is 1. The molecule has 1 N–H and O–H groups in total. The lowest BCUT2D eigenvalue weighted by atomic mass is 10.00. The van der Waals surface area contributed by atoms with E-state index in [1.807, 2.05) is 12.3 Å². The largest absolute Gasteiger partial charge is 0.348 e. The van der Waals surface area contributed by atoms with Crippen molar-refractivity contribution in [1.29, 1.82) is 0 Å². The minimum absolute atomic E-state index is 0.720. The second kappa shape index (κ2) is 6.24. The van der Waals surface area contributed by atoms with Crippen molar-refractivity contribution in [1.82, 2.24) is 15.3 Å². The van der Waals surface area contributed by atoms with E-state index < -0.39 is 0 Å². The fourth-order valence-electron chi connectivity index (χ4n) is 1.86. The van der Waals surface area contributed by atoms with Gasteiger partial charge in [-0.2, -0.15) is 5.10 Å². The highest BCUT2D eigenvalue weighted by molar-refractivity contribution is 7.80. The van der Waals surface area contributed by atoms with Gasteiger partial charge in [0.05, 0.1) is 5.71 Å². The van der Waals surface area contributed by atoms with Crippen LogP contribution in [0.2, 0.25) is 0 Å². The number of thiazole rings is 1. The third kappa shape index (κ3) is 3.49. The standard InChI is InChI=1S/C12H18N4S2/c1-9-3-6-16(7-4-9)12(17)15-14-10(2)11-13-5-8-18-11/h5,8-9H,3-4,6-7H2,1-2H3,(H,15,17). The Morgan fingerprint density at radius 1 is 1.56 bits per heavy atom. The van der Waals surface area contributed by atoms with Crippen molar-refractivity contribution < 1.29 is 0 Å². The van der Waals surface area contributed by atoms with Crippen molar-refractivity contribution in [3.8, 4) is 0 Å². The molecule has 1 fully saturated rings. The van der Waals surface area contributed by atoms with Crippen LogP contribution in [0.5, 0.6) is 0 Å². The highest BCUT2D eigenvalue weighted by Crippen LogP contribution is 2.15. The molecule has 1 aromatic rings. The van der Waals surface area contributed by atoms with Crippen molar-refractivity contribution in [3.63, 3.8) is 0 Å². The summed E-state index contributed by atoms with van der Waals surface area (Å²) in [4.78, 5) is 6.40. The zero-order valence-corrected chi connectivity index (χ0v) is 12.4. The molecule has 2 rings (SSSR count). The van der Waals surface area contributed by atoms with Crippen molar-refractivity contribution in [3.05, 3.63) is 16.6 Å². The van der Waals surface area contributed by atoms with Crippen LogP contribution in [0.3, 0.4) is 0 Å². The molecule has 98 valence electrons. The van der Waals surface area contributed by atoms with Crippen molar-refractivity contribution in [2.45, 2.75) is 26.7 Å². The average molecular weight is 282 g/mol. The molecule has 0 aromatic carbocycles. The summed E-state index contributed by atoms with van der Waals surface area (Å²) in [7, 11) is 0. The molecule has 1 aliphatic rings. The number of aromatic nitrogens is 1. The molecule has 0 radical (unpaired) electrons. The number of hydrogen-bond acceptors (Lipinski definition) is 4. The van der Waals surface area contributed by atoms with E-state index in [2.05, 4.69) is 27.3 Å². The fraction of sp³-hybridized carbons (Fsp3) is 0.583. The van der Waals surface area contributed by atoms with Gasteiger partial charge in [0.2, 0.25) is 0 Å². The molecule has 0 unspecified atom stereocenters. The Bertz CT molecular complexity index is 419. The number of hydrazone groups is 1. The van der Waals surface area contributed by atoms with Gasteiger partial charge in [-0.1, -0.05) is 6.92 Å². The molecular weight excluding hydrogens is 264 g/mol. The highest BCUT2D eigenvalue weighted by atomic mass is 32.1. The van der Waals surface area contributed by atoms with E-state index >= 15 is 0 Å². The first-order valence-electron chi connectivity index (χ1n) is 6.16. The van der Waals surface area contributed by atoms with Gasteiger partial charge in [0, 0.05) is 24.7 Å². The molecule has 0 saturated carbocycles. The van der Waals surface area contributed by atoms with Crippen LogP contribution in [-0.4, -0.2) is 33.8 Å². The number of nitrogens with zero attached hydrogens (tertiary/aromatic N) is 3. The summed E-state index contributed by atoms with van der Waals surface area (Å²) < 4.78 is 0. The van der Waals surface area contributed by atoms with E-state index in [-0.39, 0.29) is 0 Å². The van der Waals surface area contributed by atoms with E-state index in [0.29, 0.717) is 0 Å². The zero-order valence-electron chi connectivity index (χ0n) is 10.7. The summed E-state index contributed by atoms with van der Waals surface area (Å²) in [6.45, 7) is 6.28. The molecule has 1 aliphatic heterocycles. The fourth-order valence-corrected chi connectivity index (χ4v) is 2.68. The number of hydrogen-bond donors (Lipinski definition) is 1. The second-order valence-electron chi connectivity index (χ2n) is 4.62. The Hall–Kier alpha value is -1.01. The maximum absolute atomic E-state index is 5.35. The number of rotatable bonds is 2. The van der Waals surface area contributed by atoms with Gasteiger partial charge in [0.1, 0.15) is 5.01 Å². The van der Waals surface area contributed by atoms with Gasteiger partial charge in [-0.15, -0.1) is 11.3 Å². The van der Waals surface area contributed by atoms with Crippen LogP contribution in [0, 0.1) is 5.92 Å². The lowest BCUT2D eigenvalue weighted by molar-refractivity contribution is 0.278. The Morgan fingerprint density at radius 2 is 2.28 bits per heavy atom. The lowest BCUT2D eigenvalue weighted by Crippen LogP contribution is -2.42. The summed E-state index contributed by atoms with van der Waals surface area (Å²) in [6.07, 6.45) is 4.19. The van der Waals surface area contributed by atoms with Crippen molar-refractivity contribution >= 4 is 34.4 Å². The van der Waals surface area contributed by atoms with E-state index in [4.69, 9.17) is 12.2 Å². The summed E-state index contributed by atoms with van der Waals surface area (Å²) in [5, 5.41) is 7.88. The molecule has 4 nitrogen and oxygen atoms in total. The molecule has 0 spiro atoms. The van der Waals surface area contributed by atoms with Crippen molar-refractivity contribution in [2.75, 3.05) is 13.1 Å². The highest BCUT2D eigenvalue weighted by Gasteiger charge is 2.17. The van der Waals surface area contributed by atoms with Crippen LogP contribution in [0.4, 0.5) is 0 Å². The lowest BCUT2D eigenvalue weighted by Gasteiger charge is -2.31. The van der Waals surface area contributed by atoms with Gasteiger partial charge in [0.25, 0.3) is 0 Å². The third-order valence-corrected chi connectivity index (χ3v) is 4.36. The van der Waals surface area contributed by atoms with Crippen molar-refractivity contribution in [2.24, 2.45) is 11.0 Å². The molecule has 0 atom stereocenters. The van der Waals surface area contributed by atoms with Crippen LogP contribution in [0.25, 0.3) is 0 Å². The topological polar surface area (TPSA) is 40.5 Å². The number of nitrogens with one attached hydrogen (secondary N) is 1. The van der Waals surface area contributed by atoms with E-state index in [0.717, 1.165) is 34.8 Å². The molecule has 0 aliphatic carbocycles. The number of thiocarbonyl (C=S) groups is 1. The molecule has 1 saturated heterocycles. The first-order chi connectivity index (χ1) is 8.66. The predicted molar refractivity (Wildman–Crippen MR) is 80.0 cm³/mol. The maximum atomic E-state index is 5.35. The van der Waals surface area contributed by atoms with Crippen LogP contribution in [0.15, 0.2) is 16.7 Å². The van der Waals surface area contributed by atoms with Crippen LogP contribution >= 0.6 is 23.6 Å². The molecule has 6 heteroatoms. The first kappa shape index (κ1) is 13.4. The number of piperidine rings is 1. The quantitative estimate of drug-likeness (QED) is 0.514. The van der Waals surface area contributed by atoms with E-state index in [9.17, 15) is 0 Å². The molecule has 0 bridgehead atoms. The average Bonchev–Trinajstić information content (AvgIpc) is 2.90. The molecule has 1 aromatic heterocycles. The Kier molecular flexibility index (Phi) is 4.66. The smallest absolute Gasteiger partial charge is 0.189 e. The summed E-state index contributed by atoms with van der Waals surface area (Å²) in [6, 6.07) is 0. The van der Waals surface area contributed by atoms with E-state index in [1.54, 1.807) is 17.5 Å². The molecule has 2 heterocycles. The Morgan fingerprint density at radius 3 is 2.89 bits per heavy atom. The summed E-state index contributed by atoms with van der Waals surface area (Å²) >= 11 is 6.93. The normalized spacial score (nSPS) is 17.9. The minimum atomic E-state index is 0.720. The first-order valence-corrected chi connectivity index (χ1v) is 7.44. The zero-order chi connectivity index (χ0) is 13.0. The molecule has 18 heavy (non-hydrogen) atoms. The van der Waals surface area contributed by atoms with Gasteiger partial charge >= 0.3 is 0 Å². The molecular formula is C12H18N4S2. The maximum Gasteiger partial charge on any atom is 0.189 e. The summed E-state index contributed by atoms with van der Waals surface area (Å²) in [5.41, 5.74) is 3.84. The Labute approximate surface area is 117 Å². The van der Waals surface area contributed by atoms with Crippen LogP contribution in [0.1, 0.15) is 31.7 Å². The van der Waals surface area contributed by atoms with E-state index in [1.165, 1.54) is 12.8 Å². The van der Waals surface area contributed by atoms with Gasteiger partial charge in [0.15, 0.2) is 5.11 Å².